The molecule has 0 amide bonds. The van der Waals surface area contributed by atoms with E-state index in [0.29, 0.717) is 12.1 Å². The summed E-state index contributed by atoms with van der Waals surface area (Å²) >= 11 is 1.82. The normalized spacial score (nSPS) is 13.9. The number of nitrogens with one attached hydrogen (secondary N) is 1. The first kappa shape index (κ1) is 16.1. The van der Waals surface area contributed by atoms with E-state index in [9.17, 15) is 0 Å². The van der Waals surface area contributed by atoms with E-state index in [1.165, 1.54) is 16.1 Å². The summed E-state index contributed by atoms with van der Waals surface area (Å²) in [6.45, 7) is 7.66. The summed E-state index contributed by atoms with van der Waals surface area (Å²) in [6.07, 6.45) is 1.12. The molecule has 0 fully saturated rings. The topological polar surface area (TPSA) is 15.3 Å². The number of hydrogen-bond donors (Lipinski definition) is 1. The van der Waals surface area contributed by atoms with Crippen molar-refractivity contribution in [1.29, 1.82) is 0 Å². The van der Waals surface area contributed by atoms with Gasteiger partial charge in [-0.3, -0.25) is 0 Å². The Labute approximate surface area is 132 Å². The summed E-state index contributed by atoms with van der Waals surface area (Å²) in [5, 5.41) is 5.67. The first-order valence-electron chi connectivity index (χ1n) is 7.76. The van der Waals surface area contributed by atoms with Crippen molar-refractivity contribution in [2.45, 2.75) is 39.3 Å². The van der Waals surface area contributed by atoms with Crippen LogP contribution >= 0.6 is 11.3 Å². The van der Waals surface area contributed by atoms with E-state index in [1.54, 1.807) is 0 Å². The standard InChI is InChI=1S/C18H26N2S/c1-5-17(19-6-2)15-9-11-16(12-10-15)20(4)14(3)18-8-7-13-21-18/h7-14,17,19H,5-6H2,1-4H3. The molecule has 1 aromatic heterocycles. The summed E-state index contributed by atoms with van der Waals surface area (Å²) in [5.74, 6) is 0. The quantitative estimate of drug-likeness (QED) is 0.773. The molecule has 0 aliphatic carbocycles. The fourth-order valence-corrected chi connectivity index (χ4v) is 3.46. The molecular weight excluding hydrogens is 276 g/mol. The van der Waals surface area contributed by atoms with E-state index in [-0.39, 0.29) is 0 Å². The second-order valence-corrected chi connectivity index (χ2v) is 6.39. The van der Waals surface area contributed by atoms with Crippen LogP contribution in [0.4, 0.5) is 5.69 Å². The highest BCUT2D eigenvalue weighted by Gasteiger charge is 2.14. The molecule has 3 heteroatoms. The first-order valence-corrected chi connectivity index (χ1v) is 8.64. The van der Waals surface area contributed by atoms with Crippen molar-refractivity contribution in [3.8, 4) is 0 Å². The summed E-state index contributed by atoms with van der Waals surface area (Å²) < 4.78 is 0. The van der Waals surface area contributed by atoms with Crippen LogP contribution < -0.4 is 10.2 Å². The molecule has 2 nitrogen and oxygen atoms in total. The van der Waals surface area contributed by atoms with Crippen LogP contribution in [0.3, 0.4) is 0 Å². The van der Waals surface area contributed by atoms with Gasteiger partial charge in [0.05, 0.1) is 6.04 Å². The minimum absolute atomic E-state index is 0.409. The Morgan fingerprint density at radius 1 is 1.14 bits per heavy atom. The maximum atomic E-state index is 3.53. The molecule has 2 atom stereocenters. The molecule has 21 heavy (non-hydrogen) atoms. The van der Waals surface area contributed by atoms with Crippen molar-refractivity contribution in [2.24, 2.45) is 0 Å². The summed E-state index contributed by atoms with van der Waals surface area (Å²) in [4.78, 5) is 3.74. The van der Waals surface area contributed by atoms with Crippen molar-refractivity contribution < 1.29 is 0 Å². The van der Waals surface area contributed by atoms with Gasteiger partial charge in [-0.15, -0.1) is 11.3 Å². The lowest BCUT2D eigenvalue weighted by Crippen LogP contribution is -2.22. The van der Waals surface area contributed by atoms with Crippen LogP contribution in [0.1, 0.15) is 49.7 Å². The van der Waals surface area contributed by atoms with E-state index >= 15 is 0 Å². The van der Waals surface area contributed by atoms with Gasteiger partial charge in [0.1, 0.15) is 0 Å². The van der Waals surface area contributed by atoms with Crippen LogP contribution in [-0.2, 0) is 0 Å². The van der Waals surface area contributed by atoms with Gasteiger partial charge >= 0.3 is 0 Å². The highest BCUT2D eigenvalue weighted by atomic mass is 32.1. The summed E-state index contributed by atoms with van der Waals surface area (Å²) in [6, 6.07) is 14.2. The molecule has 0 radical (unpaired) electrons. The van der Waals surface area contributed by atoms with Crippen LogP contribution in [0.15, 0.2) is 41.8 Å². The van der Waals surface area contributed by atoms with E-state index in [2.05, 4.69) is 79.8 Å². The van der Waals surface area contributed by atoms with Crippen molar-refractivity contribution in [2.75, 3.05) is 18.5 Å². The molecule has 1 aromatic carbocycles. The SMILES string of the molecule is CCNC(CC)c1ccc(N(C)C(C)c2cccs2)cc1. The number of anilines is 1. The average Bonchev–Trinajstić information content (AvgIpc) is 3.06. The van der Waals surface area contributed by atoms with E-state index in [1.807, 2.05) is 11.3 Å². The van der Waals surface area contributed by atoms with Crippen molar-refractivity contribution in [1.82, 2.24) is 5.32 Å². The molecule has 114 valence electrons. The molecule has 2 rings (SSSR count). The summed E-state index contributed by atoms with van der Waals surface area (Å²) in [7, 11) is 2.17. The highest BCUT2D eigenvalue weighted by Crippen LogP contribution is 2.29. The molecule has 0 aliphatic rings. The molecular formula is C18H26N2S. The third kappa shape index (κ3) is 3.86. The van der Waals surface area contributed by atoms with Crippen LogP contribution in [0, 0.1) is 0 Å². The van der Waals surface area contributed by atoms with Gasteiger partial charge in [0.2, 0.25) is 0 Å². The van der Waals surface area contributed by atoms with Crippen molar-refractivity contribution in [3.05, 3.63) is 52.2 Å². The third-order valence-electron chi connectivity index (χ3n) is 4.10. The Morgan fingerprint density at radius 2 is 1.86 bits per heavy atom. The zero-order valence-corrected chi connectivity index (χ0v) is 14.3. The molecule has 2 aromatic rings. The maximum Gasteiger partial charge on any atom is 0.0603 e. The van der Waals surface area contributed by atoms with E-state index < -0.39 is 0 Å². The van der Waals surface area contributed by atoms with Crippen LogP contribution in [0.25, 0.3) is 0 Å². The lowest BCUT2D eigenvalue weighted by molar-refractivity contribution is 0.537. The minimum atomic E-state index is 0.409. The van der Waals surface area contributed by atoms with Crippen LogP contribution in [-0.4, -0.2) is 13.6 Å². The van der Waals surface area contributed by atoms with Gasteiger partial charge in [-0.25, -0.2) is 0 Å². The summed E-state index contributed by atoms with van der Waals surface area (Å²) in [5.41, 5.74) is 2.64. The van der Waals surface area contributed by atoms with Gasteiger partial charge in [0, 0.05) is 23.7 Å². The van der Waals surface area contributed by atoms with Crippen molar-refractivity contribution >= 4 is 17.0 Å². The molecule has 0 aliphatic heterocycles. The van der Waals surface area contributed by atoms with Gasteiger partial charge in [0.25, 0.3) is 0 Å². The van der Waals surface area contributed by atoms with Crippen LogP contribution in [0.5, 0.6) is 0 Å². The predicted octanol–water partition coefficient (Wildman–Crippen LogP) is 5.01. The van der Waals surface area contributed by atoms with E-state index in [0.717, 1.165) is 13.0 Å². The molecule has 0 spiro atoms. The number of benzene rings is 1. The highest BCUT2D eigenvalue weighted by molar-refractivity contribution is 7.10. The Morgan fingerprint density at radius 3 is 2.38 bits per heavy atom. The number of rotatable bonds is 7. The fraction of sp³-hybridized carbons (Fsp3) is 0.444. The van der Waals surface area contributed by atoms with Crippen LogP contribution in [0.2, 0.25) is 0 Å². The van der Waals surface area contributed by atoms with Gasteiger partial charge in [0.15, 0.2) is 0 Å². The Hall–Kier alpha value is -1.32. The molecule has 0 saturated carbocycles. The molecule has 0 bridgehead atoms. The minimum Gasteiger partial charge on any atom is -0.367 e. The third-order valence-corrected chi connectivity index (χ3v) is 5.14. The monoisotopic (exact) mass is 302 g/mol. The lowest BCUT2D eigenvalue weighted by atomic mass is 10.0. The van der Waals surface area contributed by atoms with Gasteiger partial charge in [-0.1, -0.05) is 32.0 Å². The maximum absolute atomic E-state index is 3.53. The Bertz CT molecular complexity index is 519. The zero-order chi connectivity index (χ0) is 15.2. The molecule has 2 unspecified atom stereocenters. The Balaban J connectivity index is 2.11. The number of thiophene rings is 1. The first-order chi connectivity index (χ1) is 10.2. The molecule has 0 saturated heterocycles. The molecule has 1 N–H and O–H groups in total. The zero-order valence-electron chi connectivity index (χ0n) is 13.5. The van der Waals surface area contributed by atoms with Crippen molar-refractivity contribution in [3.63, 3.8) is 0 Å². The fourth-order valence-electron chi connectivity index (χ4n) is 2.63. The smallest absolute Gasteiger partial charge is 0.0603 e. The second kappa shape index (κ2) is 7.62. The second-order valence-electron chi connectivity index (χ2n) is 5.41. The number of nitrogens with zero attached hydrogens (tertiary/aromatic N) is 1. The predicted molar refractivity (Wildman–Crippen MR) is 94.3 cm³/mol. The number of hydrogen-bond acceptors (Lipinski definition) is 3. The largest absolute Gasteiger partial charge is 0.367 e. The Kier molecular flexibility index (Phi) is 5.83. The lowest BCUT2D eigenvalue weighted by Gasteiger charge is -2.27. The average molecular weight is 302 g/mol. The van der Waals surface area contributed by atoms with Gasteiger partial charge in [-0.05, 0) is 49.0 Å². The van der Waals surface area contributed by atoms with E-state index in [4.69, 9.17) is 0 Å². The van der Waals surface area contributed by atoms with Gasteiger partial charge < -0.3 is 10.2 Å². The van der Waals surface area contributed by atoms with Gasteiger partial charge in [-0.2, -0.15) is 0 Å². The molecule has 1 heterocycles.